The number of aliphatic imine (C=N–C) groups is 1. The van der Waals surface area contributed by atoms with E-state index in [2.05, 4.69) is 20.7 Å². The zero-order valence-electron chi connectivity index (χ0n) is 12.6. The molecule has 2 N–H and O–H groups in total. The summed E-state index contributed by atoms with van der Waals surface area (Å²) in [4.78, 5) is 4.19. The molecule has 2 aromatic rings. The van der Waals surface area contributed by atoms with Crippen molar-refractivity contribution in [2.75, 3.05) is 13.6 Å². The number of benzene rings is 1. The third-order valence-electron chi connectivity index (χ3n) is 3.15. The van der Waals surface area contributed by atoms with Gasteiger partial charge in [-0.1, -0.05) is 29.3 Å². The highest BCUT2D eigenvalue weighted by atomic mass is 35.5. The number of hydrogen-bond donors (Lipinski definition) is 2. The lowest BCUT2D eigenvalue weighted by molar-refractivity contribution is 0.764. The van der Waals surface area contributed by atoms with Crippen LogP contribution in [0.25, 0.3) is 0 Å². The topological polar surface area (TPSA) is 54.2 Å². The van der Waals surface area contributed by atoms with Gasteiger partial charge in [-0.2, -0.15) is 5.10 Å². The summed E-state index contributed by atoms with van der Waals surface area (Å²) in [6, 6.07) is 5.46. The Morgan fingerprint density at radius 3 is 2.77 bits per heavy atom. The Kier molecular flexibility index (Phi) is 6.10. The summed E-state index contributed by atoms with van der Waals surface area (Å²) in [5.74, 6) is 0.731. The number of guanidine groups is 1. The molecular formula is C15H19Cl2N5. The maximum absolute atomic E-state index is 6.15. The number of halogens is 2. The molecule has 22 heavy (non-hydrogen) atoms. The van der Waals surface area contributed by atoms with E-state index in [1.165, 1.54) is 5.56 Å². The number of hydrogen-bond acceptors (Lipinski definition) is 2. The van der Waals surface area contributed by atoms with Gasteiger partial charge in [0.15, 0.2) is 5.96 Å². The lowest BCUT2D eigenvalue weighted by Crippen LogP contribution is -2.37. The second kappa shape index (κ2) is 8.06. The third kappa shape index (κ3) is 4.93. The van der Waals surface area contributed by atoms with E-state index < -0.39 is 0 Å². The van der Waals surface area contributed by atoms with Gasteiger partial charge in [0.2, 0.25) is 0 Å². The normalized spacial score (nSPS) is 11.5. The molecule has 0 bridgehead atoms. The molecule has 0 saturated carbocycles. The smallest absolute Gasteiger partial charge is 0.191 e. The Morgan fingerprint density at radius 1 is 1.32 bits per heavy atom. The largest absolute Gasteiger partial charge is 0.356 e. The van der Waals surface area contributed by atoms with Gasteiger partial charge >= 0.3 is 0 Å². The highest BCUT2D eigenvalue weighted by Crippen LogP contribution is 2.20. The minimum absolute atomic E-state index is 0.586. The molecule has 1 aromatic carbocycles. The van der Waals surface area contributed by atoms with Crippen LogP contribution >= 0.6 is 23.2 Å². The minimum atomic E-state index is 0.586. The Hall–Kier alpha value is -1.72. The fourth-order valence-electron chi connectivity index (χ4n) is 1.99. The first-order valence-corrected chi connectivity index (χ1v) is 7.70. The number of nitrogens with zero attached hydrogens (tertiary/aromatic N) is 3. The van der Waals surface area contributed by atoms with Crippen molar-refractivity contribution in [1.29, 1.82) is 0 Å². The van der Waals surface area contributed by atoms with E-state index in [4.69, 9.17) is 23.2 Å². The van der Waals surface area contributed by atoms with Crippen LogP contribution in [0.1, 0.15) is 11.1 Å². The highest BCUT2D eigenvalue weighted by Gasteiger charge is 2.03. The van der Waals surface area contributed by atoms with E-state index in [1.807, 2.05) is 31.6 Å². The summed E-state index contributed by atoms with van der Waals surface area (Å²) < 4.78 is 1.80. The van der Waals surface area contributed by atoms with Gasteiger partial charge < -0.3 is 10.6 Å². The fourth-order valence-corrected chi connectivity index (χ4v) is 2.47. The highest BCUT2D eigenvalue weighted by molar-refractivity contribution is 6.35. The van der Waals surface area contributed by atoms with Crippen molar-refractivity contribution < 1.29 is 0 Å². The predicted molar refractivity (Wildman–Crippen MR) is 91.6 cm³/mol. The quantitative estimate of drug-likeness (QED) is 0.650. The summed E-state index contributed by atoms with van der Waals surface area (Å²) in [5, 5.41) is 11.9. The van der Waals surface area contributed by atoms with Gasteiger partial charge in [0, 0.05) is 43.4 Å². The van der Waals surface area contributed by atoms with E-state index in [1.54, 1.807) is 17.8 Å². The Bertz CT molecular complexity index is 651. The molecule has 0 atom stereocenters. The van der Waals surface area contributed by atoms with Gasteiger partial charge in [0.25, 0.3) is 0 Å². The summed E-state index contributed by atoms with van der Waals surface area (Å²) in [6.07, 6.45) is 4.76. The van der Waals surface area contributed by atoms with Crippen LogP contribution in [-0.2, 0) is 20.0 Å². The van der Waals surface area contributed by atoms with Gasteiger partial charge in [-0.15, -0.1) is 0 Å². The van der Waals surface area contributed by atoms with Crippen LogP contribution in [-0.4, -0.2) is 29.3 Å². The number of aromatic nitrogens is 2. The predicted octanol–water partition coefficient (Wildman–Crippen LogP) is 2.63. The first-order valence-electron chi connectivity index (χ1n) is 6.94. The first-order chi connectivity index (χ1) is 10.6. The van der Waals surface area contributed by atoms with Crippen LogP contribution in [0.5, 0.6) is 0 Å². The van der Waals surface area contributed by atoms with E-state index in [0.717, 1.165) is 24.5 Å². The van der Waals surface area contributed by atoms with E-state index in [-0.39, 0.29) is 0 Å². The lowest BCUT2D eigenvalue weighted by atomic mass is 10.2. The maximum atomic E-state index is 6.15. The summed E-state index contributed by atoms with van der Waals surface area (Å²) in [5.41, 5.74) is 2.16. The van der Waals surface area contributed by atoms with E-state index in [0.29, 0.717) is 16.6 Å². The van der Waals surface area contributed by atoms with Crippen LogP contribution < -0.4 is 10.6 Å². The summed E-state index contributed by atoms with van der Waals surface area (Å²) >= 11 is 12.0. The molecule has 0 saturated heterocycles. The van der Waals surface area contributed by atoms with Crippen LogP contribution in [0.4, 0.5) is 0 Å². The van der Waals surface area contributed by atoms with Crippen molar-refractivity contribution in [3.63, 3.8) is 0 Å². The average molecular weight is 340 g/mol. The monoisotopic (exact) mass is 339 g/mol. The van der Waals surface area contributed by atoms with Crippen LogP contribution in [0.15, 0.2) is 35.6 Å². The van der Waals surface area contributed by atoms with Gasteiger partial charge in [-0.25, -0.2) is 0 Å². The van der Waals surface area contributed by atoms with Crippen molar-refractivity contribution in [3.05, 3.63) is 51.8 Å². The second-order valence-corrected chi connectivity index (χ2v) is 5.70. The molecule has 0 spiro atoms. The minimum Gasteiger partial charge on any atom is -0.356 e. The van der Waals surface area contributed by atoms with Gasteiger partial charge in [0.05, 0.1) is 6.20 Å². The molecule has 0 radical (unpaired) electrons. The van der Waals surface area contributed by atoms with Crippen molar-refractivity contribution in [1.82, 2.24) is 20.4 Å². The Balaban J connectivity index is 1.80. The molecule has 5 nitrogen and oxygen atoms in total. The second-order valence-electron chi connectivity index (χ2n) is 4.86. The van der Waals surface area contributed by atoms with Crippen LogP contribution in [0, 0.1) is 0 Å². The summed E-state index contributed by atoms with van der Waals surface area (Å²) in [6.45, 7) is 1.36. The van der Waals surface area contributed by atoms with Crippen molar-refractivity contribution >= 4 is 29.2 Å². The SMILES string of the molecule is CN=C(NCCc1cnn(C)c1)NCc1ccc(Cl)cc1Cl. The molecule has 2 rings (SSSR count). The fraction of sp³-hybridized carbons (Fsp3) is 0.333. The zero-order chi connectivity index (χ0) is 15.9. The molecule has 118 valence electrons. The number of aryl methyl sites for hydroxylation is 1. The molecule has 0 fully saturated rings. The van der Waals surface area contributed by atoms with Gasteiger partial charge in [-0.3, -0.25) is 9.67 Å². The first kappa shape index (κ1) is 16.6. The van der Waals surface area contributed by atoms with Gasteiger partial charge in [-0.05, 0) is 29.7 Å². The van der Waals surface area contributed by atoms with Crippen molar-refractivity contribution in [2.45, 2.75) is 13.0 Å². The molecule has 0 unspecified atom stereocenters. The van der Waals surface area contributed by atoms with Gasteiger partial charge in [0.1, 0.15) is 0 Å². The lowest BCUT2D eigenvalue weighted by Gasteiger charge is -2.12. The number of nitrogens with one attached hydrogen (secondary N) is 2. The molecule has 0 aliphatic heterocycles. The van der Waals surface area contributed by atoms with E-state index >= 15 is 0 Å². The maximum Gasteiger partial charge on any atom is 0.191 e. The van der Waals surface area contributed by atoms with E-state index in [9.17, 15) is 0 Å². The van der Waals surface area contributed by atoms with Crippen molar-refractivity contribution in [2.24, 2.45) is 12.0 Å². The van der Waals surface area contributed by atoms with Crippen LogP contribution in [0.2, 0.25) is 10.0 Å². The average Bonchev–Trinajstić information content (AvgIpc) is 2.89. The molecular weight excluding hydrogens is 321 g/mol. The zero-order valence-corrected chi connectivity index (χ0v) is 14.1. The third-order valence-corrected chi connectivity index (χ3v) is 3.74. The molecule has 0 aliphatic carbocycles. The summed E-state index contributed by atoms with van der Waals surface area (Å²) in [7, 11) is 3.65. The molecule has 0 aliphatic rings. The molecule has 0 amide bonds. The molecule has 7 heteroatoms. The van der Waals surface area contributed by atoms with Crippen LogP contribution in [0.3, 0.4) is 0 Å². The van der Waals surface area contributed by atoms with Crippen molar-refractivity contribution in [3.8, 4) is 0 Å². The standard InChI is InChI=1S/C15H19Cl2N5/c1-18-15(19-6-5-11-8-21-22(2)10-11)20-9-12-3-4-13(16)7-14(12)17/h3-4,7-8,10H,5-6,9H2,1-2H3,(H2,18,19,20). The molecule has 1 heterocycles. The Labute approximate surface area is 140 Å². The molecule has 1 aromatic heterocycles. The Morgan fingerprint density at radius 2 is 2.14 bits per heavy atom. The number of rotatable bonds is 5.